The zero-order chi connectivity index (χ0) is 20.7. The van der Waals surface area contributed by atoms with Gasteiger partial charge in [-0.15, -0.1) is 0 Å². The van der Waals surface area contributed by atoms with Crippen LogP contribution in [-0.2, 0) is 11.2 Å². The van der Waals surface area contributed by atoms with Gasteiger partial charge in [0, 0.05) is 43.2 Å². The number of ether oxygens (including phenoxy) is 1. The summed E-state index contributed by atoms with van der Waals surface area (Å²) in [5, 5.41) is 2.65. The van der Waals surface area contributed by atoms with Crippen molar-refractivity contribution in [1.82, 2.24) is 9.80 Å². The molecule has 1 unspecified atom stereocenters. The number of amides is 2. The molecule has 152 valence electrons. The summed E-state index contributed by atoms with van der Waals surface area (Å²) in [5.74, 6) is 0.708. The Morgan fingerprint density at radius 1 is 0.900 bits per heavy atom. The Kier molecular flexibility index (Phi) is 4.83. The van der Waals surface area contributed by atoms with Crippen LogP contribution in [0.25, 0.3) is 10.8 Å². The highest BCUT2D eigenvalue weighted by atomic mass is 35.5. The van der Waals surface area contributed by atoms with Crippen molar-refractivity contribution in [2.45, 2.75) is 12.5 Å². The van der Waals surface area contributed by atoms with Gasteiger partial charge < -0.3 is 14.5 Å². The Morgan fingerprint density at radius 2 is 1.63 bits per heavy atom. The molecule has 1 saturated heterocycles. The van der Waals surface area contributed by atoms with Crippen LogP contribution in [-0.4, -0.2) is 53.9 Å². The lowest BCUT2D eigenvalue weighted by Gasteiger charge is -2.35. The minimum Gasteiger partial charge on any atom is -0.480 e. The molecule has 2 aliphatic heterocycles. The first-order valence-corrected chi connectivity index (χ1v) is 10.5. The van der Waals surface area contributed by atoms with E-state index in [1.165, 1.54) is 0 Å². The Balaban J connectivity index is 1.24. The van der Waals surface area contributed by atoms with Crippen LogP contribution in [0.2, 0.25) is 5.02 Å². The van der Waals surface area contributed by atoms with Crippen molar-refractivity contribution < 1.29 is 14.3 Å². The molecule has 5 nitrogen and oxygen atoms in total. The van der Waals surface area contributed by atoms with Gasteiger partial charge in [0.2, 0.25) is 0 Å². The number of halogens is 1. The standard InChI is InChI=1S/C24H21ClN2O3/c25-18-8-9-21-17(14-18)15-22(30-21)24(29)27-12-10-26(11-13-27)23(28)20-7-3-5-16-4-1-2-6-19(16)20/h1-9,14,22H,10-13,15H2. The van der Waals surface area contributed by atoms with Gasteiger partial charge in [0.25, 0.3) is 11.8 Å². The molecule has 30 heavy (non-hydrogen) atoms. The van der Waals surface area contributed by atoms with E-state index in [-0.39, 0.29) is 11.8 Å². The van der Waals surface area contributed by atoms with Crippen LogP contribution < -0.4 is 4.74 Å². The van der Waals surface area contributed by atoms with E-state index in [1.807, 2.05) is 59.5 Å². The van der Waals surface area contributed by atoms with Gasteiger partial charge in [0.15, 0.2) is 6.10 Å². The summed E-state index contributed by atoms with van der Waals surface area (Å²) in [4.78, 5) is 29.7. The number of fused-ring (bicyclic) bond motifs is 2. The van der Waals surface area contributed by atoms with Gasteiger partial charge in [-0.3, -0.25) is 9.59 Å². The van der Waals surface area contributed by atoms with Crippen molar-refractivity contribution in [3.8, 4) is 5.75 Å². The second-order valence-corrected chi connectivity index (χ2v) is 8.14. The first-order chi connectivity index (χ1) is 14.6. The second kappa shape index (κ2) is 7.65. The Labute approximate surface area is 179 Å². The van der Waals surface area contributed by atoms with E-state index in [0.29, 0.717) is 43.2 Å². The predicted molar refractivity (Wildman–Crippen MR) is 116 cm³/mol. The molecule has 0 saturated carbocycles. The Hall–Kier alpha value is -3.05. The third-order valence-electron chi connectivity index (χ3n) is 5.87. The molecule has 0 aromatic heterocycles. The zero-order valence-electron chi connectivity index (χ0n) is 16.4. The third kappa shape index (κ3) is 3.39. The maximum absolute atomic E-state index is 13.1. The quantitative estimate of drug-likeness (QED) is 0.634. The summed E-state index contributed by atoms with van der Waals surface area (Å²) in [6.07, 6.45) is 0.0166. The average Bonchev–Trinajstić information content (AvgIpc) is 3.21. The number of carbonyl (C=O) groups is 2. The average molecular weight is 421 g/mol. The van der Waals surface area contributed by atoms with E-state index < -0.39 is 6.10 Å². The summed E-state index contributed by atoms with van der Waals surface area (Å²) in [7, 11) is 0. The fourth-order valence-corrected chi connectivity index (χ4v) is 4.47. The molecule has 6 heteroatoms. The highest BCUT2D eigenvalue weighted by molar-refractivity contribution is 6.30. The normalized spacial score (nSPS) is 18.2. The van der Waals surface area contributed by atoms with Gasteiger partial charge in [-0.2, -0.15) is 0 Å². The highest BCUT2D eigenvalue weighted by Gasteiger charge is 2.34. The molecule has 2 heterocycles. The highest BCUT2D eigenvalue weighted by Crippen LogP contribution is 2.32. The molecule has 0 aliphatic carbocycles. The van der Waals surface area contributed by atoms with Crippen molar-refractivity contribution in [2.75, 3.05) is 26.2 Å². The molecule has 2 aliphatic rings. The molecule has 3 aromatic carbocycles. The van der Waals surface area contributed by atoms with Gasteiger partial charge in [-0.1, -0.05) is 48.0 Å². The van der Waals surface area contributed by atoms with Crippen LogP contribution in [0.15, 0.2) is 60.7 Å². The SMILES string of the molecule is O=C(c1cccc2ccccc12)N1CCN(C(=O)C2Cc3cc(Cl)ccc3O2)CC1. The van der Waals surface area contributed by atoms with Crippen molar-refractivity contribution in [3.63, 3.8) is 0 Å². The Bertz CT molecular complexity index is 1130. The van der Waals surface area contributed by atoms with Gasteiger partial charge in [-0.05, 0) is 40.6 Å². The number of benzene rings is 3. The molecule has 5 rings (SSSR count). The van der Waals surface area contributed by atoms with E-state index in [1.54, 1.807) is 11.0 Å². The van der Waals surface area contributed by atoms with E-state index >= 15 is 0 Å². The van der Waals surface area contributed by atoms with Crippen molar-refractivity contribution in [1.29, 1.82) is 0 Å². The second-order valence-electron chi connectivity index (χ2n) is 7.71. The minimum atomic E-state index is -0.515. The van der Waals surface area contributed by atoms with Crippen LogP contribution in [0.3, 0.4) is 0 Å². The molecule has 0 N–H and O–H groups in total. The molecular formula is C24H21ClN2O3. The number of nitrogens with zero attached hydrogens (tertiary/aromatic N) is 2. The number of carbonyl (C=O) groups excluding carboxylic acids is 2. The van der Waals surface area contributed by atoms with Crippen LogP contribution in [0.1, 0.15) is 15.9 Å². The van der Waals surface area contributed by atoms with Gasteiger partial charge in [-0.25, -0.2) is 0 Å². The largest absolute Gasteiger partial charge is 0.480 e. The van der Waals surface area contributed by atoms with E-state index in [2.05, 4.69) is 0 Å². The predicted octanol–water partition coefficient (Wildman–Crippen LogP) is 3.78. The van der Waals surface area contributed by atoms with Crippen LogP contribution in [0.4, 0.5) is 0 Å². The molecule has 3 aromatic rings. The van der Waals surface area contributed by atoms with E-state index in [4.69, 9.17) is 16.3 Å². The first-order valence-electron chi connectivity index (χ1n) is 10.1. The molecule has 0 radical (unpaired) electrons. The van der Waals surface area contributed by atoms with Gasteiger partial charge in [0.1, 0.15) is 5.75 Å². The molecule has 0 bridgehead atoms. The molecule has 1 atom stereocenters. The van der Waals surface area contributed by atoms with E-state index in [0.717, 1.165) is 22.1 Å². The fraction of sp³-hybridized carbons (Fsp3) is 0.250. The molecule has 1 fully saturated rings. The molecular weight excluding hydrogens is 400 g/mol. The first kappa shape index (κ1) is 18.9. The van der Waals surface area contributed by atoms with Crippen LogP contribution >= 0.6 is 11.6 Å². The molecule has 0 spiro atoms. The van der Waals surface area contributed by atoms with E-state index in [9.17, 15) is 9.59 Å². The third-order valence-corrected chi connectivity index (χ3v) is 6.11. The molecule has 2 amide bonds. The number of hydrogen-bond donors (Lipinski definition) is 0. The van der Waals surface area contributed by atoms with Crippen molar-refractivity contribution >= 4 is 34.2 Å². The monoisotopic (exact) mass is 420 g/mol. The summed E-state index contributed by atoms with van der Waals surface area (Å²) in [5.41, 5.74) is 1.67. The minimum absolute atomic E-state index is 0.0121. The lowest BCUT2D eigenvalue weighted by molar-refractivity contribution is -0.139. The van der Waals surface area contributed by atoms with Crippen LogP contribution in [0.5, 0.6) is 5.75 Å². The van der Waals surface area contributed by atoms with Gasteiger partial charge in [0.05, 0.1) is 0 Å². The van der Waals surface area contributed by atoms with Gasteiger partial charge >= 0.3 is 0 Å². The number of piperazine rings is 1. The zero-order valence-corrected chi connectivity index (χ0v) is 17.1. The maximum atomic E-state index is 13.1. The van der Waals surface area contributed by atoms with Crippen molar-refractivity contribution in [3.05, 3.63) is 76.8 Å². The number of hydrogen-bond acceptors (Lipinski definition) is 3. The summed E-state index contributed by atoms with van der Waals surface area (Å²) < 4.78 is 5.84. The van der Waals surface area contributed by atoms with Crippen LogP contribution in [0, 0.1) is 0 Å². The lowest BCUT2D eigenvalue weighted by atomic mass is 10.0. The fourth-order valence-electron chi connectivity index (χ4n) is 4.27. The van der Waals surface area contributed by atoms with Crippen molar-refractivity contribution in [2.24, 2.45) is 0 Å². The Morgan fingerprint density at radius 3 is 2.47 bits per heavy atom. The lowest BCUT2D eigenvalue weighted by Crippen LogP contribution is -2.53. The maximum Gasteiger partial charge on any atom is 0.264 e. The summed E-state index contributed by atoms with van der Waals surface area (Å²) in [6, 6.07) is 19.1. The topological polar surface area (TPSA) is 49.9 Å². The summed E-state index contributed by atoms with van der Waals surface area (Å²) >= 11 is 6.04. The number of rotatable bonds is 2. The summed E-state index contributed by atoms with van der Waals surface area (Å²) in [6.45, 7) is 2.04. The smallest absolute Gasteiger partial charge is 0.264 e.